The van der Waals surface area contributed by atoms with Gasteiger partial charge >= 0.3 is 0 Å². The predicted octanol–water partition coefficient (Wildman–Crippen LogP) is 14.6. The highest BCUT2D eigenvalue weighted by atomic mass is 19.1. The van der Waals surface area contributed by atoms with Crippen LogP contribution in [0.4, 0.5) is 8.78 Å². The lowest BCUT2D eigenvalue weighted by Gasteiger charge is -2.38. The maximum absolute atomic E-state index is 16.4. The molecule has 1 N–H and O–H groups in total. The van der Waals surface area contributed by atoms with Crippen LogP contribution in [0.1, 0.15) is 205 Å². The number of aliphatic hydroxyl groups is 1. The molecule has 4 aromatic rings. The zero-order valence-corrected chi connectivity index (χ0v) is 40.4. The zero-order valence-electron chi connectivity index (χ0n) is 40.4. The lowest BCUT2D eigenvalue weighted by atomic mass is 9.64. The summed E-state index contributed by atoms with van der Waals surface area (Å²) in [7, 11) is 0. The number of hydrogen-bond acceptors (Lipinski definition) is 1. The van der Waals surface area contributed by atoms with Gasteiger partial charge in [-0.2, -0.15) is 0 Å². The van der Waals surface area contributed by atoms with Crippen LogP contribution in [0.25, 0.3) is 0 Å². The van der Waals surface area contributed by atoms with E-state index in [0.29, 0.717) is 19.3 Å². The van der Waals surface area contributed by atoms with E-state index in [1.807, 2.05) is 0 Å². The van der Waals surface area contributed by atoms with E-state index < -0.39 is 17.0 Å². The van der Waals surface area contributed by atoms with E-state index in [-0.39, 0.29) is 50.2 Å². The van der Waals surface area contributed by atoms with Crippen molar-refractivity contribution < 1.29 is 13.9 Å². The highest BCUT2D eigenvalue weighted by Crippen LogP contribution is 2.47. The Morgan fingerprint density at radius 2 is 0.683 bits per heavy atom. The van der Waals surface area contributed by atoms with Gasteiger partial charge in [-0.1, -0.05) is 203 Å². The molecule has 0 aliphatic heterocycles. The van der Waals surface area contributed by atoms with Crippen LogP contribution >= 0.6 is 0 Å². The van der Waals surface area contributed by atoms with Gasteiger partial charge in [-0.15, -0.1) is 0 Å². The van der Waals surface area contributed by atoms with Crippen molar-refractivity contribution in [2.75, 3.05) is 6.61 Å². The molecule has 0 spiro atoms. The number of unbranched alkanes of at least 4 members (excludes halogenated alkanes) is 2. The Balaban J connectivity index is 2.39. The molecule has 0 unspecified atom stereocenters. The average molecular weight is 813 g/mol. The van der Waals surface area contributed by atoms with Crippen molar-refractivity contribution in [1.29, 1.82) is 0 Å². The molecular weight excluding hydrogens is 739 g/mol. The van der Waals surface area contributed by atoms with Gasteiger partial charge in [-0.3, -0.25) is 0 Å². The molecule has 0 saturated heterocycles. The van der Waals surface area contributed by atoms with Crippen LogP contribution in [-0.4, -0.2) is 11.7 Å². The number of hydrogen-bond donors (Lipinski definition) is 1. The van der Waals surface area contributed by atoms with Crippen LogP contribution in [-0.2, 0) is 37.9 Å². The summed E-state index contributed by atoms with van der Waals surface area (Å²) < 4.78 is 32.8. The van der Waals surface area contributed by atoms with E-state index in [2.05, 4.69) is 203 Å². The fraction of sp³-hybridized carbons (Fsp3) is 0.509. The molecule has 0 atom stereocenters. The van der Waals surface area contributed by atoms with E-state index in [9.17, 15) is 0 Å². The molecule has 3 heteroatoms. The van der Waals surface area contributed by atoms with Crippen molar-refractivity contribution in [1.82, 2.24) is 0 Å². The quantitative estimate of drug-likeness (QED) is 0.117. The van der Waals surface area contributed by atoms with Gasteiger partial charge < -0.3 is 5.11 Å². The molecule has 0 amide bonds. The monoisotopic (exact) mass is 813 g/mol. The van der Waals surface area contributed by atoms with Gasteiger partial charge in [0.05, 0.1) is 5.56 Å². The van der Waals surface area contributed by atoms with Crippen LogP contribution in [0.5, 0.6) is 0 Å². The molecule has 0 aromatic heterocycles. The Morgan fingerprint density at radius 1 is 0.400 bits per heavy atom. The number of rotatable bonds is 6. The SMILES string of the molecule is CC(C)(C)c1cc(C(C)(C)C)cc(C(C#Cc2c(F)cc(C#CCCCCO)cc2F)(c2cc(C(C)(C)C)cc(C(C)(C)C)c2)c2cc(C(C)(C)C)cc(C(C)(C)C)c2)c1. The minimum Gasteiger partial charge on any atom is -0.396 e. The van der Waals surface area contributed by atoms with Crippen molar-refractivity contribution in [2.24, 2.45) is 0 Å². The van der Waals surface area contributed by atoms with Crippen molar-refractivity contribution >= 4 is 0 Å². The maximum Gasteiger partial charge on any atom is 0.143 e. The largest absolute Gasteiger partial charge is 0.396 e. The second kappa shape index (κ2) is 17.3. The van der Waals surface area contributed by atoms with Gasteiger partial charge in [-0.25, -0.2) is 8.78 Å². The Hall–Kier alpha value is -4.18. The molecule has 0 radical (unpaired) electrons. The van der Waals surface area contributed by atoms with Gasteiger partial charge in [0.2, 0.25) is 0 Å². The fourth-order valence-corrected chi connectivity index (χ4v) is 7.26. The molecule has 0 fully saturated rings. The van der Waals surface area contributed by atoms with Crippen LogP contribution in [0.3, 0.4) is 0 Å². The summed E-state index contributed by atoms with van der Waals surface area (Å²) in [4.78, 5) is 0. The van der Waals surface area contributed by atoms with E-state index in [1.165, 1.54) is 45.5 Å². The minimum atomic E-state index is -1.19. The molecule has 0 heterocycles. The summed E-state index contributed by atoms with van der Waals surface area (Å²) in [5, 5.41) is 9.15. The summed E-state index contributed by atoms with van der Waals surface area (Å²) in [5.74, 6) is 11.4. The minimum absolute atomic E-state index is 0.0911. The van der Waals surface area contributed by atoms with Crippen molar-refractivity contribution in [3.05, 3.63) is 140 Å². The normalized spacial score (nSPS) is 13.1. The van der Waals surface area contributed by atoms with E-state index in [4.69, 9.17) is 5.11 Å². The maximum atomic E-state index is 16.4. The molecule has 0 aliphatic rings. The second-order valence-electron chi connectivity index (χ2n) is 23.2. The van der Waals surface area contributed by atoms with Crippen molar-refractivity contribution in [3.63, 3.8) is 0 Å². The highest BCUT2D eigenvalue weighted by Gasteiger charge is 2.40. The first-order valence-electron chi connectivity index (χ1n) is 21.9. The van der Waals surface area contributed by atoms with Crippen LogP contribution < -0.4 is 0 Å². The third-order valence-corrected chi connectivity index (χ3v) is 11.7. The highest BCUT2D eigenvalue weighted by molar-refractivity contribution is 5.64. The van der Waals surface area contributed by atoms with Crippen LogP contribution in [0.15, 0.2) is 66.7 Å². The summed E-state index contributed by atoms with van der Waals surface area (Å²) in [6.07, 6.45) is 1.88. The molecule has 0 aliphatic carbocycles. The molecular formula is C57H74F2O. The first kappa shape index (κ1) is 48.5. The lowest BCUT2D eigenvalue weighted by Crippen LogP contribution is -2.32. The number of aliphatic hydroxyl groups excluding tert-OH is 1. The Morgan fingerprint density at radius 3 is 0.950 bits per heavy atom. The summed E-state index contributed by atoms with van der Waals surface area (Å²) in [6, 6.07) is 23.3. The van der Waals surface area contributed by atoms with Gasteiger partial charge in [0, 0.05) is 18.6 Å². The van der Waals surface area contributed by atoms with Gasteiger partial charge in [0.15, 0.2) is 0 Å². The lowest BCUT2D eigenvalue weighted by molar-refractivity contribution is 0.285. The first-order chi connectivity index (χ1) is 27.3. The molecule has 1 nitrogen and oxygen atoms in total. The smallest absolute Gasteiger partial charge is 0.143 e. The third-order valence-electron chi connectivity index (χ3n) is 11.7. The Kier molecular flexibility index (Phi) is 14.0. The van der Waals surface area contributed by atoms with Gasteiger partial charge in [0.1, 0.15) is 17.0 Å². The Labute approximate surface area is 364 Å². The topological polar surface area (TPSA) is 20.2 Å². The molecule has 60 heavy (non-hydrogen) atoms. The standard InChI is InChI=1S/C57H74F2O/c1-51(2,3)39-29-40(52(4,5)6)33-45(32-39)57(46-34-41(53(7,8)9)30-42(35-46)54(10,11)12,47-36-43(55(13,14)15)31-44(37-47)56(16,17)18)25-24-48-49(58)27-38(28-50(48)59)23-21-19-20-22-26-60/h27-37,60H,19-20,22,26H2,1-18H3. The van der Waals surface area contributed by atoms with Gasteiger partial charge in [0.25, 0.3) is 0 Å². The molecule has 0 bridgehead atoms. The Bertz CT molecular complexity index is 2010. The van der Waals surface area contributed by atoms with E-state index in [1.54, 1.807) is 0 Å². The second-order valence-corrected chi connectivity index (χ2v) is 23.2. The molecule has 0 saturated carbocycles. The number of benzene rings is 4. The average Bonchev–Trinajstić information content (AvgIpc) is 3.10. The third kappa shape index (κ3) is 11.4. The fourth-order valence-electron chi connectivity index (χ4n) is 7.26. The first-order valence-corrected chi connectivity index (χ1v) is 21.9. The molecule has 4 aromatic carbocycles. The van der Waals surface area contributed by atoms with Crippen LogP contribution in [0.2, 0.25) is 0 Å². The van der Waals surface area contributed by atoms with Crippen molar-refractivity contribution in [2.45, 2.75) is 182 Å². The predicted molar refractivity (Wildman–Crippen MR) is 252 cm³/mol. The van der Waals surface area contributed by atoms with Crippen LogP contribution in [0, 0.1) is 35.3 Å². The summed E-state index contributed by atoms with van der Waals surface area (Å²) >= 11 is 0. The number of halogens is 2. The van der Waals surface area contributed by atoms with E-state index >= 15 is 8.78 Å². The summed E-state index contributed by atoms with van der Waals surface area (Å²) in [5.41, 5.74) is 7.44. The van der Waals surface area contributed by atoms with Crippen molar-refractivity contribution in [3.8, 4) is 23.7 Å². The summed E-state index contributed by atoms with van der Waals surface area (Å²) in [6.45, 7) is 40.4. The molecule has 4 rings (SSSR count). The van der Waals surface area contributed by atoms with Gasteiger partial charge in [-0.05, 0) is 108 Å². The molecule has 322 valence electrons. The van der Waals surface area contributed by atoms with E-state index in [0.717, 1.165) is 16.7 Å². The zero-order chi connectivity index (χ0) is 45.4.